The summed E-state index contributed by atoms with van der Waals surface area (Å²) in [4.78, 5) is 4.82. The first kappa shape index (κ1) is 27.0. The average molecular weight is 553 g/mol. The zero-order chi connectivity index (χ0) is 21.5. The van der Waals surface area contributed by atoms with Crippen molar-refractivity contribution in [1.82, 2.24) is 14.9 Å². The second kappa shape index (κ2) is 12.1. The fourth-order valence-electron chi connectivity index (χ4n) is 3.39. The molecule has 1 aromatic carbocycles. The van der Waals surface area contributed by atoms with E-state index in [9.17, 15) is 8.42 Å². The van der Waals surface area contributed by atoms with Gasteiger partial charge in [-0.25, -0.2) is 12.7 Å². The lowest BCUT2D eigenvalue weighted by Crippen LogP contribution is -2.50. The Balaban J connectivity index is 0.00000450. The van der Waals surface area contributed by atoms with Gasteiger partial charge in [0.2, 0.25) is 10.0 Å². The number of hydrogen-bond donors (Lipinski definition) is 2. The van der Waals surface area contributed by atoms with Crippen molar-refractivity contribution in [2.45, 2.75) is 52.0 Å². The molecule has 0 amide bonds. The predicted molar refractivity (Wildman–Crippen MR) is 135 cm³/mol. The van der Waals surface area contributed by atoms with Crippen LogP contribution >= 0.6 is 24.0 Å². The van der Waals surface area contributed by atoms with Crippen molar-refractivity contribution in [3.63, 3.8) is 0 Å². The number of methoxy groups -OCH3 is 1. The van der Waals surface area contributed by atoms with Crippen LogP contribution in [0.3, 0.4) is 0 Å². The summed E-state index contributed by atoms with van der Waals surface area (Å²) in [5, 5.41) is 6.80. The number of guanidine groups is 1. The number of nitrogens with zero attached hydrogens (tertiary/aromatic N) is 2. The Morgan fingerprint density at radius 3 is 2.50 bits per heavy atom. The molecular formula is C21H37IN4O3S. The molecule has 0 spiro atoms. The van der Waals surface area contributed by atoms with Crippen molar-refractivity contribution in [1.29, 1.82) is 0 Å². The van der Waals surface area contributed by atoms with E-state index >= 15 is 0 Å². The molecule has 0 bridgehead atoms. The number of benzene rings is 1. The molecule has 2 N–H and O–H groups in total. The quantitative estimate of drug-likeness (QED) is 0.295. The highest BCUT2D eigenvalue weighted by Gasteiger charge is 2.27. The fraction of sp³-hybridized carbons (Fsp3) is 0.667. The molecule has 9 heteroatoms. The summed E-state index contributed by atoms with van der Waals surface area (Å²) in [5.74, 6) is 1.79. The highest BCUT2D eigenvalue weighted by atomic mass is 127. The number of halogens is 1. The van der Waals surface area contributed by atoms with Gasteiger partial charge in [-0.3, -0.25) is 4.99 Å². The van der Waals surface area contributed by atoms with Gasteiger partial charge in [0.05, 0.1) is 19.4 Å². The summed E-state index contributed by atoms with van der Waals surface area (Å²) in [5.41, 5.74) is 1.03. The minimum absolute atomic E-state index is 0. The van der Waals surface area contributed by atoms with Crippen LogP contribution in [0.25, 0.3) is 0 Å². The number of hydrogen-bond acceptors (Lipinski definition) is 4. The first-order valence-corrected chi connectivity index (χ1v) is 12.0. The molecule has 2 rings (SSSR count). The monoisotopic (exact) mass is 552 g/mol. The second-order valence-corrected chi connectivity index (χ2v) is 10.3. The maximum atomic E-state index is 12.0. The third-order valence-electron chi connectivity index (χ3n) is 5.38. The van der Waals surface area contributed by atoms with Crippen LogP contribution in [-0.4, -0.2) is 63.8 Å². The van der Waals surface area contributed by atoms with Gasteiger partial charge in [0, 0.05) is 31.1 Å². The van der Waals surface area contributed by atoms with E-state index in [0.717, 1.165) is 31.1 Å². The minimum atomic E-state index is -3.10. The number of sulfonamides is 1. The van der Waals surface area contributed by atoms with Gasteiger partial charge >= 0.3 is 0 Å². The first-order valence-electron chi connectivity index (χ1n) is 10.4. The van der Waals surface area contributed by atoms with E-state index in [1.807, 2.05) is 19.1 Å². The zero-order valence-electron chi connectivity index (χ0n) is 18.8. The molecule has 172 valence electrons. The van der Waals surface area contributed by atoms with Crippen LogP contribution < -0.4 is 15.4 Å². The van der Waals surface area contributed by atoms with Crippen molar-refractivity contribution < 1.29 is 13.2 Å². The van der Waals surface area contributed by atoms with Gasteiger partial charge < -0.3 is 15.4 Å². The van der Waals surface area contributed by atoms with Gasteiger partial charge in [-0.15, -0.1) is 24.0 Å². The van der Waals surface area contributed by atoms with E-state index < -0.39 is 10.0 Å². The molecule has 1 fully saturated rings. The fourth-order valence-corrected chi connectivity index (χ4v) is 4.52. The van der Waals surface area contributed by atoms with Crippen molar-refractivity contribution in [2.75, 3.05) is 39.0 Å². The molecule has 0 radical (unpaired) electrons. The van der Waals surface area contributed by atoms with Crippen molar-refractivity contribution in [3.8, 4) is 5.75 Å². The third-order valence-corrected chi connectivity index (χ3v) is 7.26. The Bertz CT molecular complexity index is 791. The van der Waals surface area contributed by atoms with Crippen LogP contribution in [0.15, 0.2) is 29.3 Å². The summed E-state index contributed by atoms with van der Waals surface area (Å²) in [7, 11) is -1.42. The highest BCUT2D eigenvalue weighted by molar-refractivity contribution is 14.0. The summed E-state index contributed by atoms with van der Waals surface area (Å²) in [6.07, 6.45) is 1.56. The molecule has 0 saturated carbocycles. The lowest BCUT2D eigenvalue weighted by Gasteiger charge is -2.32. The van der Waals surface area contributed by atoms with Gasteiger partial charge in [0.25, 0.3) is 0 Å². The van der Waals surface area contributed by atoms with E-state index in [2.05, 4.69) is 36.6 Å². The maximum absolute atomic E-state index is 12.0. The molecule has 1 aliphatic heterocycles. The lowest BCUT2D eigenvalue weighted by molar-refractivity contribution is 0.306. The smallest absolute Gasteiger partial charge is 0.213 e. The number of aliphatic imine (C=N–C) groups is 1. The molecular weight excluding hydrogens is 515 g/mol. The number of rotatable bonds is 8. The van der Waals surface area contributed by atoms with E-state index in [0.29, 0.717) is 19.6 Å². The van der Waals surface area contributed by atoms with E-state index in [1.54, 1.807) is 18.3 Å². The molecule has 1 heterocycles. The molecule has 0 unspecified atom stereocenters. The zero-order valence-corrected chi connectivity index (χ0v) is 21.9. The number of piperidine rings is 1. The second-order valence-electron chi connectivity index (χ2n) is 8.03. The van der Waals surface area contributed by atoms with E-state index in [4.69, 9.17) is 9.73 Å². The summed E-state index contributed by atoms with van der Waals surface area (Å²) < 4.78 is 31.0. The molecule has 30 heavy (non-hydrogen) atoms. The molecule has 0 aliphatic carbocycles. The van der Waals surface area contributed by atoms with Gasteiger partial charge in [0.15, 0.2) is 5.96 Å². The molecule has 0 atom stereocenters. The minimum Gasteiger partial charge on any atom is -0.497 e. The Kier molecular flexibility index (Phi) is 10.9. The van der Waals surface area contributed by atoms with Crippen LogP contribution in [0.4, 0.5) is 0 Å². The van der Waals surface area contributed by atoms with Crippen LogP contribution in [0.2, 0.25) is 0 Å². The normalized spacial score (nSPS) is 16.6. The Morgan fingerprint density at radius 1 is 1.27 bits per heavy atom. The van der Waals surface area contributed by atoms with Crippen LogP contribution in [0.5, 0.6) is 5.75 Å². The topological polar surface area (TPSA) is 83.0 Å². The van der Waals surface area contributed by atoms with E-state index in [-0.39, 0.29) is 41.2 Å². The molecule has 1 aliphatic rings. The maximum Gasteiger partial charge on any atom is 0.213 e. The molecule has 1 aromatic rings. The van der Waals surface area contributed by atoms with Crippen LogP contribution in [0.1, 0.15) is 46.1 Å². The third kappa shape index (κ3) is 7.56. The highest BCUT2D eigenvalue weighted by Crippen LogP contribution is 2.26. The van der Waals surface area contributed by atoms with Gasteiger partial charge in [-0.1, -0.05) is 26.0 Å². The Hall–Kier alpha value is -1.07. The van der Waals surface area contributed by atoms with Crippen LogP contribution in [-0.2, 0) is 15.4 Å². The average Bonchev–Trinajstić information content (AvgIpc) is 2.72. The molecule has 0 aromatic heterocycles. The Morgan fingerprint density at radius 2 is 1.93 bits per heavy atom. The SMILES string of the molecule is CCNC(=NCC(C)(C)c1cccc(OC)c1)NC1CCN(S(=O)(=O)CC)CC1.I. The lowest BCUT2D eigenvalue weighted by atomic mass is 9.84. The van der Waals surface area contributed by atoms with Gasteiger partial charge in [0.1, 0.15) is 5.75 Å². The summed E-state index contributed by atoms with van der Waals surface area (Å²) >= 11 is 0. The van der Waals surface area contributed by atoms with Gasteiger partial charge in [-0.05, 0) is 44.4 Å². The molecule has 1 saturated heterocycles. The standard InChI is InChI=1S/C21H36N4O3S.HI/c1-6-22-20(24-18-11-13-25(14-12-18)29(26,27)7-2)23-16-21(3,4)17-9-8-10-19(15-17)28-5;/h8-10,15,18H,6-7,11-14,16H2,1-5H3,(H2,22,23,24);1H. The first-order chi connectivity index (χ1) is 13.7. The number of ether oxygens (including phenoxy) is 1. The van der Waals surface area contributed by atoms with Crippen LogP contribution in [0, 0.1) is 0 Å². The van der Waals surface area contributed by atoms with Gasteiger partial charge in [-0.2, -0.15) is 0 Å². The largest absolute Gasteiger partial charge is 0.497 e. The van der Waals surface area contributed by atoms with E-state index in [1.165, 1.54) is 5.56 Å². The number of nitrogens with one attached hydrogen (secondary N) is 2. The summed E-state index contributed by atoms with van der Waals surface area (Å²) in [6.45, 7) is 10.6. The molecule has 7 nitrogen and oxygen atoms in total. The van der Waals surface area contributed by atoms with Crippen molar-refractivity contribution in [3.05, 3.63) is 29.8 Å². The van der Waals surface area contributed by atoms with Crippen molar-refractivity contribution in [2.24, 2.45) is 4.99 Å². The van der Waals surface area contributed by atoms with Crippen molar-refractivity contribution >= 4 is 40.0 Å². The predicted octanol–water partition coefficient (Wildman–Crippen LogP) is 2.96. The summed E-state index contributed by atoms with van der Waals surface area (Å²) in [6, 6.07) is 8.32. The Labute approximate surface area is 199 Å².